The van der Waals surface area contributed by atoms with Gasteiger partial charge in [0.05, 0.1) is 12.7 Å². The third-order valence-electron chi connectivity index (χ3n) is 4.68. The van der Waals surface area contributed by atoms with Crippen molar-refractivity contribution in [1.29, 1.82) is 0 Å². The van der Waals surface area contributed by atoms with E-state index < -0.39 is 0 Å². The summed E-state index contributed by atoms with van der Waals surface area (Å²) in [6.07, 6.45) is 2.83. The Hall–Kier alpha value is -0.940. The topological polar surface area (TPSA) is 41.7 Å². The number of benzene rings is 1. The SMILES string of the molecule is NCC1CN(C2CCCN(Cc3ccccc3)C2)CCO1. The molecule has 116 valence electrons. The van der Waals surface area contributed by atoms with Crippen LogP contribution in [0.3, 0.4) is 0 Å². The lowest BCUT2D eigenvalue weighted by molar-refractivity contribution is -0.0498. The fourth-order valence-corrected chi connectivity index (χ4v) is 3.53. The summed E-state index contributed by atoms with van der Waals surface area (Å²) in [6.45, 7) is 6.99. The van der Waals surface area contributed by atoms with E-state index in [0.717, 1.165) is 26.2 Å². The molecule has 4 heteroatoms. The van der Waals surface area contributed by atoms with E-state index in [9.17, 15) is 0 Å². The van der Waals surface area contributed by atoms with Crippen LogP contribution < -0.4 is 5.73 Å². The molecule has 2 heterocycles. The number of hydrogen-bond acceptors (Lipinski definition) is 4. The number of hydrogen-bond donors (Lipinski definition) is 1. The maximum Gasteiger partial charge on any atom is 0.0824 e. The number of rotatable bonds is 4. The van der Waals surface area contributed by atoms with Gasteiger partial charge in [0.25, 0.3) is 0 Å². The third kappa shape index (κ3) is 4.04. The third-order valence-corrected chi connectivity index (χ3v) is 4.68. The summed E-state index contributed by atoms with van der Waals surface area (Å²) in [5, 5.41) is 0. The van der Waals surface area contributed by atoms with Crippen LogP contribution in [0.1, 0.15) is 18.4 Å². The number of nitrogens with two attached hydrogens (primary N) is 1. The van der Waals surface area contributed by atoms with Gasteiger partial charge in [0.1, 0.15) is 0 Å². The summed E-state index contributed by atoms with van der Waals surface area (Å²) in [5.74, 6) is 0. The minimum absolute atomic E-state index is 0.225. The first-order valence-corrected chi connectivity index (χ1v) is 8.17. The Kier molecular flexibility index (Phi) is 5.25. The second-order valence-corrected chi connectivity index (χ2v) is 6.24. The zero-order valence-electron chi connectivity index (χ0n) is 12.8. The van der Waals surface area contributed by atoms with E-state index in [2.05, 4.69) is 40.1 Å². The Labute approximate surface area is 127 Å². The van der Waals surface area contributed by atoms with Crippen molar-refractivity contribution in [2.24, 2.45) is 5.73 Å². The van der Waals surface area contributed by atoms with Crippen molar-refractivity contribution < 1.29 is 4.74 Å². The highest BCUT2D eigenvalue weighted by molar-refractivity contribution is 5.14. The van der Waals surface area contributed by atoms with E-state index in [1.54, 1.807) is 0 Å². The average Bonchev–Trinajstić information content (AvgIpc) is 2.56. The molecule has 0 aliphatic carbocycles. The first-order valence-electron chi connectivity index (χ1n) is 8.17. The van der Waals surface area contributed by atoms with E-state index >= 15 is 0 Å². The van der Waals surface area contributed by atoms with Gasteiger partial charge < -0.3 is 10.5 Å². The largest absolute Gasteiger partial charge is 0.374 e. The summed E-state index contributed by atoms with van der Waals surface area (Å²) in [7, 11) is 0. The zero-order valence-corrected chi connectivity index (χ0v) is 12.8. The number of morpholine rings is 1. The highest BCUT2D eigenvalue weighted by Gasteiger charge is 2.29. The van der Waals surface area contributed by atoms with E-state index in [0.29, 0.717) is 12.6 Å². The van der Waals surface area contributed by atoms with Crippen LogP contribution in [-0.2, 0) is 11.3 Å². The molecule has 2 atom stereocenters. The average molecular weight is 289 g/mol. The minimum atomic E-state index is 0.225. The molecule has 2 saturated heterocycles. The van der Waals surface area contributed by atoms with Gasteiger partial charge in [-0.25, -0.2) is 0 Å². The highest BCUT2D eigenvalue weighted by atomic mass is 16.5. The summed E-state index contributed by atoms with van der Waals surface area (Å²) in [4.78, 5) is 5.19. The lowest BCUT2D eigenvalue weighted by Gasteiger charge is -2.42. The molecule has 2 aliphatic heterocycles. The predicted octanol–water partition coefficient (Wildman–Crippen LogP) is 1.31. The molecule has 2 fully saturated rings. The van der Waals surface area contributed by atoms with Crippen LogP contribution in [0.15, 0.2) is 30.3 Å². The van der Waals surface area contributed by atoms with Crippen LogP contribution >= 0.6 is 0 Å². The number of nitrogens with zero attached hydrogens (tertiary/aromatic N) is 2. The molecular formula is C17H27N3O. The highest BCUT2D eigenvalue weighted by Crippen LogP contribution is 2.20. The van der Waals surface area contributed by atoms with E-state index in [1.165, 1.54) is 31.5 Å². The molecule has 2 unspecified atom stereocenters. The van der Waals surface area contributed by atoms with Crippen LogP contribution in [-0.4, -0.2) is 61.3 Å². The van der Waals surface area contributed by atoms with Crippen molar-refractivity contribution in [3.63, 3.8) is 0 Å². The molecule has 4 nitrogen and oxygen atoms in total. The van der Waals surface area contributed by atoms with Crippen molar-refractivity contribution in [1.82, 2.24) is 9.80 Å². The molecule has 0 radical (unpaired) electrons. The maximum absolute atomic E-state index is 5.76. The molecule has 3 rings (SSSR count). The van der Waals surface area contributed by atoms with E-state index in [4.69, 9.17) is 10.5 Å². The van der Waals surface area contributed by atoms with Gasteiger partial charge >= 0.3 is 0 Å². The second kappa shape index (κ2) is 7.36. The van der Waals surface area contributed by atoms with Crippen molar-refractivity contribution in [3.8, 4) is 0 Å². The van der Waals surface area contributed by atoms with Crippen LogP contribution in [0.25, 0.3) is 0 Å². The number of ether oxygens (including phenoxy) is 1. The summed E-state index contributed by atoms with van der Waals surface area (Å²) in [5.41, 5.74) is 7.18. The van der Waals surface area contributed by atoms with Gasteiger partial charge in [-0.05, 0) is 24.9 Å². The Morgan fingerprint density at radius 2 is 2.00 bits per heavy atom. The predicted molar refractivity (Wildman–Crippen MR) is 85.1 cm³/mol. The maximum atomic E-state index is 5.76. The van der Waals surface area contributed by atoms with Gasteiger partial charge in [-0.2, -0.15) is 0 Å². The Morgan fingerprint density at radius 3 is 2.81 bits per heavy atom. The molecule has 0 spiro atoms. The standard InChI is InChI=1S/C17H27N3O/c18-11-17-14-20(9-10-21-17)16-7-4-8-19(13-16)12-15-5-2-1-3-6-15/h1-3,5-6,16-17H,4,7-14,18H2. The molecule has 21 heavy (non-hydrogen) atoms. The molecule has 0 saturated carbocycles. The summed E-state index contributed by atoms with van der Waals surface area (Å²) in [6, 6.07) is 11.5. The van der Waals surface area contributed by atoms with Crippen molar-refractivity contribution in [2.45, 2.75) is 31.5 Å². The normalized spacial score (nSPS) is 28.6. The van der Waals surface area contributed by atoms with Crippen molar-refractivity contribution in [3.05, 3.63) is 35.9 Å². The smallest absolute Gasteiger partial charge is 0.0824 e. The number of piperidine rings is 1. The molecule has 0 amide bonds. The van der Waals surface area contributed by atoms with Gasteiger partial charge in [-0.3, -0.25) is 9.80 Å². The summed E-state index contributed by atoms with van der Waals surface area (Å²) >= 11 is 0. The summed E-state index contributed by atoms with van der Waals surface area (Å²) < 4.78 is 5.69. The van der Waals surface area contributed by atoms with Crippen LogP contribution in [0, 0.1) is 0 Å². The first kappa shape index (κ1) is 15.0. The van der Waals surface area contributed by atoms with Gasteiger partial charge in [0, 0.05) is 38.8 Å². The quantitative estimate of drug-likeness (QED) is 0.907. The van der Waals surface area contributed by atoms with E-state index in [-0.39, 0.29) is 6.10 Å². The fourth-order valence-electron chi connectivity index (χ4n) is 3.53. The van der Waals surface area contributed by atoms with Crippen molar-refractivity contribution >= 4 is 0 Å². The van der Waals surface area contributed by atoms with Gasteiger partial charge in [0.15, 0.2) is 0 Å². The molecule has 1 aromatic carbocycles. The van der Waals surface area contributed by atoms with Crippen LogP contribution in [0.2, 0.25) is 0 Å². The second-order valence-electron chi connectivity index (χ2n) is 6.24. The molecule has 0 aromatic heterocycles. The van der Waals surface area contributed by atoms with Gasteiger partial charge in [-0.1, -0.05) is 30.3 Å². The fraction of sp³-hybridized carbons (Fsp3) is 0.647. The minimum Gasteiger partial charge on any atom is -0.374 e. The number of likely N-dealkylation sites (tertiary alicyclic amines) is 1. The molecule has 2 aliphatic rings. The molecule has 0 bridgehead atoms. The monoisotopic (exact) mass is 289 g/mol. The molecule has 1 aromatic rings. The Balaban J connectivity index is 1.55. The van der Waals surface area contributed by atoms with Crippen LogP contribution in [0.4, 0.5) is 0 Å². The molecular weight excluding hydrogens is 262 g/mol. The lowest BCUT2D eigenvalue weighted by atomic mass is 10.0. The van der Waals surface area contributed by atoms with Gasteiger partial charge in [0.2, 0.25) is 0 Å². The lowest BCUT2D eigenvalue weighted by Crippen LogP contribution is -2.54. The zero-order chi connectivity index (χ0) is 14.5. The van der Waals surface area contributed by atoms with Crippen LogP contribution in [0.5, 0.6) is 0 Å². The van der Waals surface area contributed by atoms with E-state index in [1.807, 2.05) is 0 Å². The molecule has 2 N–H and O–H groups in total. The van der Waals surface area contributed by atoms with Gasteiger partial charge in [-0.15, -0.1) is 0 Å². The first-order chi connectivity index (χ1) is 10.3. The Morgan fingerprint density at radius 1 is 1.14 bits per heavy atom. The Bertz CT molecular complexity index is 425. The van der Waals surface area contributed by atoms with Crippen molar-refractivity contribution in [2.75, 3.05) is 39.3 Å².